The zero-order chi connectivity index (χ0) is 14.3. The van der Waals surface area contributed by atoms with E-state index in [1.54, 1.807) is 0 Å². The van der Waals surface area contributed by atoms with Gasteiger partial charge >= 0.3 is 23.8 Å². The Morgan fingerprint density at radius 1 is 1.39 bits per heavy atom. The van der Waals surface area contributed by atoms with Crippen LogP contribution in [0.25, 0.3) is 5.53 Å². The first kappa shape index (κ1) is 15.9. The molecule has 0 bridgehead atoms. The molecule has 18 heavy (non-hydrogen) atoms. The van der Waals surface area contributed by atoms with Crippen LogP contribution in [0.4, 0.5) is 13.2 Å². The van der Waals surface area contributed by atoms with Crippen molar-refractivity contribution in [1.82, 2.24) is 0 Å². The number of carbonyl (C=O) groups excluding carboxylic acids is 2. The first-order chi connectivity index (χ1) is 8.27. The number of alkyl halides is 3. The number of methoxy groups -OCH3 is 1. The highest BCUT2D eigenvalue weighted by Gasteiger charge is 2.46. The average molecular weight is 266 g/mol. The molecule has 0 heterocycles. The Kier molecular flexibility index (Phi) is 5.77. The highest BCUT2D eigenvalue weighted by Crippen LogP contribution is 2.26. The van der Waals surface area contributed by atoms with Crippen LogP contribution >= 0.6 is 0 Å². The zero-order valence-electron chi connectivity index (χ0n) is 9.45. The second-order valence-corrected chi connectivity index (χ2v) is 2.75. The highest BCUT2D eigenvalue weighted by molar-refractivity contribution is 6.41. The van der Waals surface area contributed by atoms with Crippen LogP contribution in [0.15, 0.2) is 11.6 Å². The first-order valence-corrected chi connectivity index (χ1v) is 4.54. The number of esters is 2. The summed E-state index contributed by atoms with van der Waals surface area (Å²) in [5.74, 6) is -2.86. The van der Waals surface area contributed by atoms with E-state index >= 15 is 0 Å². The number of nitrogens with zero attached hydrogens (tertiary/aromatic N) is 2. The summed E-state index contributed by atoms with van der Waals surface area (Å²) in [6.45, 7) is 1.13. The first-order valence-electron chi connectivity index (χ1n) is 4.54. The number of hydrogen-bond donors (Lipinski definition) is 0. The van der Waals surface area contributed by atoms with Gasteiger partial charge in [-0.25, -0.2) is 9.59 Å². The van der Waals surface area contributed by atoms with Gasteiger partial charge in [0.05, 0.1) is 13.7 Å². The molecule has 0 atom stereocenters. The van der Waals surface area contributed by atoms with Gasteiger partial charge in [-0.1, -0.05) is 0 Å². The van der Waals surface area contributed by atoms with Crippen molar-refractivity contribution >= 4 is 17.7 Å². The van der Waals surface area contributed by atoms with Crippen LogP contribution in [0.5, 0.6) is 0 Å². The van der Waals surface area contributed by atoms with E-state index in [0.29, 0.717) is 0 Å². The van der Waals surface area contributed by atoms with Crippen LogP contribution < -0.4 is 0 Å². The largest absolute Gasteiger partial charge is 0.466 e. The summed E-state index contributed by atoms with van der Waals surface area (Å²) in [5, 5.41) is 0. The lowest BCUT2D eigenvalue weighted by atomic mass is 10.1. The molecule has 0 radical (unpaired) electrons. The van der Waals surface area contributed by atoms with Crippen molar-refractivity contribution in [2.24, 2.45) is 0 Å². The molecule has 0 saturated heterocycles. The third-order valence-corrected chi connectivity index (χ3v) is 1.59. The van der Waals surface area contributed by atoms with Gasteiger partial charge in [0.1, 0.15) is 0 Å². The maximum atomic E-state index is 12.6. The molecule has 0 unspecified atom stereocenters. The standard InChI is InChI=1S/C9H9F3N2O4/c1-3-18-8(16)7(14-13)5(9(10,11)12)4-6(15)17-2/h4H,3H2,1-2H3/b5-4-. The Hall–Kier alpha value is -2.15. The van der Waals surface area contributed by atoms with Crippen LogP contribution in [-0.2, 0) is 19.1 Å². The lowest BCUT2D eigenvalue weighted by Crippen LogP contribution is -2.30. The molecule has 0 aromatic carbocycles. The number of hydrogen-bond acceptors (Lipinski definition) is 4. The summed E-state index contributed by atoms with van der Waals surface area (Å²) in [7, 11) is 0.854. The summed E-state index contributed by atoms with van der Waals surface area (Å²) in [6, 6.07) is 0. The second kappa shape index (κ2) is 6.55. The monoisotopic (exact) mass is 266 g/mol. The van der Waals surface area contributed by atoms with Gasteiger partial charge in [0.15, 0.2) is 5.57 Å². The predicted octanol–water partition coefficient (Wildman–Crippen LogP) is 0.882. The smallest absolute Gasteiger partial charge is 0.424 e. The topological polar surface area (TPSA) is 89.0 Å². The maximum Gasteiger partial charge on any atom is 0.424 e. The molecule has 0 fully saturated rings. The molecule has 0 aromatic rings. The fourth-order valence-corrected chi connectivity index (χ4v) is 0.865. The molecule has 0 spiro atoms. The molecule has 0 aliphatic carbocycles. The highest BCUT2D eigenvalue weighted by atomic mass is 19.4. The van der Waals surface area contributed by atoms with Crippen molar-refractivity contribution in [2.45, 2.75) is 13.1 Å². The lowest BCUT2D eigenvalue weighted by Gasteiger charge is -2.06. The van der Waals surface area contributed by atoms with Crippen molar-refractivity contribution in [3.05, 3.63) is 17.2 Å². The molecule has 6 nitrogen and oxygen atoms in total. The summed E-state index contributed by atoms with van der Waals surface area (Å²) in [5.41, 5.74) is 5.26. The molecule has 0 aliphatic rings. The van der Waals surface area contributed by atoms with Gasteiger partial charge < -0.3 is 15.0 Å². The predicted molar refractivity (Wildman–Crippen MR) is 51.4 cm³/mol. The number of ether oxygens (including phenoxy) is 2. The third kappa shape index (κ3) is 4.38. The van der Waals surface area contributed by atoms with Gasteiger partial charge in [-0.05, 0) is 6.92 Å². The van der Waals surface area contributed by atoms with Crippen LogP contribution in [0.3, 0.4) is 0 Å². The Bertz CT molecular complexity index is 422. The van der Waals surface area contributed by atoms with E-state index in [1.807, 2.05) is 0 Å². The molecule has 9 heteroatoms. The normalized spacial score (nSPS) is 11.5. The van der Waals surface area contributed by atoms with Gasteiger partial charge in [-0.3, -0.25) is 0 Å². The lowest BCUT2D eigenvalue weighted by molar-refractivity contribution is -0.142. The molecule has 0 aromatic heterocycles. The summed E-state index contributed by atoms with van der Waals surface area (Å²) < 4.78 is 46.0. The molecular weight excluding hydrogens is 257 g/mol. The average Bonchev–Trinajstić information content (AvgIpc) is 2.27. The molecule has 0 N–H and O–H groups in total. The fraction of sp³-hybridized carbons (Fsp3) is 0.444. The Morgan fingerprint density at radius 3 is 2.28 bits per heavy atom. The van der Waals surface area contributed by atoms with E-state index in [2.05, 4.69) is 14.3 Å². The molecule has 0 amide bonds. The Morgan fingerprint density at radius 2 is 1.94 bits per heavy atom. The van der Waals surface area contributed by atoms with E-state index in [4.69, 9.17) is 5.53 Å². The van der Waals surface area contributed by atoms with Gasteiger partial charge in [0.2, 0.25) is 0 Å². The number of rotatable bonds is 4. The third-order valence-electron chi connectivity index (χ3n) is 1.59. The van der Waals surface area contributed by atoms with E-state index in [9.17, 15) is 22.8 Å². The van der Waals surface area contributed by atoms with Gasteiger partial charge in [-0.2, -0.15) is 18.0 Å². The van der Waals surface area contributed by atoms with Crippen molar-refractivity contribution < 1.29 is 37.0 Å². The van der Waals surface area contributed by atoms with E-state index < -0.39 is 29.4 Å². The van der Waals surface area contributed by atoms with Crippen molar-refractivity contribution in [3.8, 4) is 0 Å². The zero-order valence-corrected chi connectivity index (χ0v) is 9.45. The molecular formula is C9H9F3N2O4. The minimum Gasteiger partial charge on any atom is -0.466 e. The van der Waals surface area contributed by atoms with Crippen molar-refractivity contribution in [2.75, 3.05) is 13.7 Å². The summed E-state index contributed by atoms with van der Waals surface area (Å²) in [4.78, 5) is 24.1. The van der Waals surface area contributed by atoms with Gasteiger partial charge in [0.25, 0.3) is 0 Å². The van der Waals surface area contributed by atoms with Crippen LogP contribution in [0.2, 0.25) is 0 Å². The molecule has 0 saturated carbocycles. The van der Waals surface area contributed by atoms with Crippen LogP contribution in [-0.4, -0.2) is 42.3 Å². The molecule has 100 valence electrons. The van der Waals surface area contributed by atoms with E-state index in [0.717, 1.165) is 7.11 Å². The number of carbonyl (C=O) groups is 2. The quantitative estimate of drug-likeness (QED) is 0.248. The minimum atomic E-state index is -5.08. The summed E-state index contributed by atoms with van der Waals surface area (Å²) in [6.07, 6.45) is -5.09. The van der Waals surface area contributed by atoms with Crippen molar-refractivity contribution in [1.29, 1.82) is 0 Å². The second-order valence-electron chi connectivity index (χ2n) is 2.75. The summed E-state index contributed by atoms with van der Waals surface area (Å²) >= 11 is 0. The number of halogens is 3. The maximum absolute atomic E-state index is 12.6. The molecule has 0 aliphatic heterocycles. The van der Waals surface area contributed by atoms with Crippen LogP contribution in [0, 0.1) is 0 Å². The van der Waals surface area contributed by atoms with E-state index in [1.165, 1.54) is 6.92 Å². The van der Waals surface area contributed by atoms with Gasteiger partial charge in [-0.15, -0.1) is 0 Å². The Labute approximate surface area is 99.6 Å². The Balaban J connectivity index is 5.59. The van der Waals surface area contributed by atoms with Crippen LogP contribution in [0.1, 0.15) is 6.92 Å². The van der Waals surface area contributed by atoms with Gasteiger partial charge in [0, 0.05) is 6.08 Å². The minimum absolute atomic E-state index is 0.00796. The van der Waals surface area contributed by atoms with E-state index in [-0.39, 0.29) is 12.7 Å². The SMILES string of the molecule is CCOC(=O)C(=[N+]=[N-])/C(=C/C(=O)OC)C(F)(F)F. The fourth-order valence-electron chi connectivity index (χ4n) is 0.865. The van der Waals surface area contributed by atoms with Crippen molar-refractivity contribution in [3.63, 3.8) is 0 Å². The molecule has 0 rings (SSSR count).